The van der Waals surface area contributed by atoms with Crippen molar-refractivity contribution in [3.05, 3.63) is 52.3 Å². The van der Waals surface area contributed by atoms with Gasteiger partial charge in [-0.05, 0) is 56.1 Å². The summed E-state index contributed by atoms with van der Waals surface area (Å²) in [6.45, 7) is 5.22. The quantitative estimate of drug-likeness (QED) is 0.731. The van der Waals surface area contributed by atoms with Gasteiger partial charge >= 0.3 is 0 Å². The lowest BCUT2D eigenvalue weighted by molar-refractivity contribution is 0.228. The fourth-order valence-electron chi connectivity index (χ4n) is 4.39. The summed E-state index contributed by atoms with van der Waals surface area (Å²) < 4.78 is 13.8. The van der Waals surface area contributed by atoms with E-state index < -0.39 is 0 Å². The molecule has 2 aliphatic heterocycles. The first-order valence-electron chi connectivity index (χ1n) is 9.91. The first-order valence-corrected chi connectivity index (χ1v) is 10.7. The Morgan fingerprint density at radius 3 is 2.75 bits per heavy atom. The predicted molar refractivity (Wildman–Crippen MR) is 110 cm³/mol. The minimum Gasteiger partial charge on any atom is -0.308 e. The zero-order valence-corrected chi connectivity index (χ0v) is 16.5. The largest absolute Gasteiger partial charge is 0.308 e. The van der Waals surface area contributed by atoms with Crippen LogP contribution in [-0.4, -0.2) is 52.0 Å². The number of fused-ring (bicyclic) bond motifs is 1. The van der Waals surface area contributed by atoms with Crippen molar-refractivity contribution in [1.82, 2.24) is 19.8 Å². The van der Waals surface area contributed by atoms with Crippen molar-refractivity contribution in [2.24, 2.45) is 0 Å². The highest BCUT2D eigenvalue weighted by Crippen LogP contribution is 2.31. The highest BCUT2D eigenvalue weighted by Gasteiger charge is 2.29. The molecular weight excluding hydrogens is 375 g/mol. The number of nitrogens with zero attached hydrogens (tertiary/aromatic N) is 3. The third kappa shape index (κ3) is 3.50. The molecule has 4 heterocycles. The molecular formula is C21H23FN4OS. The number of likely N-dealkylation sites (tertiary alicyclic amines) is 2. The van der Waals surface area contributed by atoms with E-state index in [1.807, 2.05) is 6.07 Å². The molecule has 2 fully saturated rings. The standard InChI is InChI=1S/C21H23FN4OS/c22-15-5-3-14(4-6-15)18-11-17-20(28-18)21(27)24-19(23-17)13-25-10-7-16(12-25)26-8-1-2-9-26/h3-6,11,16H,1-2,7-10,12-13H2,(H,23,24,27). The Bertz CT molecular complexity index is 1040. The van der Waals surface area contributed by atoms with E-state index in [0.717, 1.165) is 34.9 Å². The van der Waals surface area contributed by atoms with E-state index in [1.54, 1.807) is 12.1 Å². The van der Waals surface area contributed by atoms with Crippen LogP contribution in [0.15, 0.2) is 35.1 Å². The maximum atomic E-state index is 13.2. The SMILES string of the molecule is O=c1[nH]c(CN2CCC(N3CCCC3)C2)nc2cc(-c3ccc(F)cc3)sc12. The molecule has 1 atom stereocenters. The summed E-state index contributed by atoms with van der Waals surface area (Å²) in [6, 6.07) is 8.92. The Morgan fingerprint density at radius 1 is 1.18 bits per heavy atom. The number of benzene rings is 1. The Morgan fingerprint density at radius 2 is 1.96 bits per heavy atom. The summed E-state index contributed by atoms with van der Waals surface area (Å²) in [7, 11) is 0. The van der Waals surface area contributed by atoms with Crippen LogP contribution in [0.5, 0.6) is 0 Å². The molecule has 0 aliphatic carbocycles. The smallest absolute Gasteiger partial charge is 0.268 e. The molecule has 0 amide bonds. The van der Waals surface area contributed by atoms with Gasteiger partial charge in [-0.15, -0.1) is 11.3 Å². The van der Waals surface area contributed by atoms with Crippen LogP contribution in [0, 0.1) is 5.82 Å². The fourth-order valence-corrected chi connectivity index (χ4v) is 5.39. The van der Waals surface area contributed by atoms with Crippen molar-refractivity contribution in [1.29, 1.82) is 0 Å². The highest BCUT2D eigenvalue weighted by molar-refractivity contribution is 7.22. The highest BCUT2D eigenvalue weighted by atomic mass is 32.1. The molecule has 1 aromatic carbocycles. The number of nitrogens with one attached hydrogen (secondary N) is 1. The third-order valence-electron chi connectivity index (χ3n) is 5.84. The molecule has 2 aromatic heterocycles. The number of rotatable bonds is 4. The number of halogens is 1. The van der Waals surface area contributed by atoms with E-state index >= 15 is 0 Å². The first-order chi connectivity index (χ1) is 13.7. The Labute approximate surface area is 166 Å². The second kappa shape index (κ2) is 7.39. The van der Waals surface area contributed by atoms with Crippen molar-refractivity contribution in [2.45, 2.75) is 31.8 Å². The van der Waals surface area contributed by atoms with Gasteiger partial charge in [-0.25, -0.2) is 9.37 Å². The van der Waals surface area contributed by atoms with Crippen LogP contribution >= 0.6 is 11.3 Å². The van der Waals surface area contributed by atoms with E-state index in [-0.39, 0.29) is 11.4 Å². The minimum absolute atomic E-state index is 0.0892. The van der Waals surface area contributed by atoms with Gasteiger partial charge in [-0.3, -0.25) is 14.6 Å². The van der Waals surface area contributed by atoms with E-state index in [9.17, 15) is 9.18 Å². The number of aromatic nitrogens is 2. The number of H-pyrrole nitrogens is 1. The molecule has 3 aromatic rings. The van der Waals surface area contributed by atoms with Crippen LogP contribution < -0.4 is 5.56 Å². The van der Waals surface area contributed by atoms with E-state index in [0.29, 0.717) is 17.3 Å². The van der Waals surface area contributed by atoms with Gasteiger partial charge in [-0.2, -0.15) is 0 Å². The molecule has 0 spiro atoms. The van der Waals surface area contributed by atoms with Crippen molar-refractivity contribution in [3.63, 3.8) is 0 Å². The number of thiophene rings is 1. The average Bonchev–Trinajstić information content (AvgIpc) is 3.42. The summed E-state index contributed by atoms with van der Waals surface area (Å²) in [5.74, 6) is 0.462. The minimum atomic E-state index is -0.263. The summed E-state index contributed by atoms with van der Waals surface area (Å²) >= 11 is 1.40. The molecule has 146 valence electrons. The van der Waals surface area contributed by atoms with E-state index in [4.69, 9.17) is 4.98 Å². The third-order valence-corrected chi connectivity index (χ3v) is 7.01. The van der Waals surface area contributed by atoms with Gasteiger partial charge in [0.1, 0.15) is 16.3 Å². The Balaban J connectivity index is 1.36. The lowest BCUT2D eigenvalue weighted by Gasteiger charge is -2.23. The van der Waals surface area contributed by atoms with Gasteiger partial charge in [0.05, 0.1) is 12.1 Å². The van der Waals surface area contributed by atoms with Crippen LogP contribution in [0.4, 0.5) is 4.39 Å². The van der Waals surface area contributed by atoms with Crippen LogP contribution in [0.1, 0.15) is 25.1 Å². The summed E-state index contributed by atoms with van der Waals surface area (Å²) in [6.07, 6.45) is 3.83. The van der Waals surface area contributed by atoms with Gasteiger partial charge in [-0.1, -0.05) is 12.1 Å². The molecule has 2 saturated heterocycles. The maximum Gasteiger partial charge on any atom is 0.268 e. The molecule has 1 unspecified atom stereocenters. The molecule has 7 heteroatoms. The predicted octanol–water partition coefficient (Wildman–Crippen LogP) is 3.46. The second-order valence-corrected chi connectivity index (χ2v) is 8.82. The maximum absolute atomic E-state index is 13.2. The van der Waals surface area contributed by atoms with Crippen LogP contribution in [0.3, 0.4) is 0 Å². The summed E-state index contributed by atoms with van der Waals surface area (Å²) in [5, 5.41) is 0. The molecule has 0 bridgehead atoms. The number of hydrogen-bond acceptors (Lipinski definition) is 5. The van der Waals surface area contributed by atoms with Gasteiger partial charge in [0.25, 0.3) is 5.56 Å². The molecule has 0 radical (unpaired) electrons. The van der Waals surface area contributed by atoms with Crippen LogP contribution in [0.25, 0.3) is 20.7 Å². The van der Waals surface area contributed by atoms with E-state index in [2.05, 4.69) is 14.8 Å². The lowest BCUT2D eigenvalue weighted by Crippen LogP contribution is -2.35. The molecule has 2 aliphatic rings. The zero-order chi connectivity index (χ0) is 19.1. The van der Waals surface area contributed by atoms with Crippen molar-refractivity contribution in [2.75, 3.05) is 26.2 Å². The topological polar surface area (TPSA) is 52.2 Å². The normalized spacial score (nSPS) is 21.1. The van der Waals surface area contributed by atoms with Gasteiger partial charge < -0.3 is 4.98 Å². The van der Waals surface area contributed by atoms with Gasteiger partial charge in [0, 0.05) is 24.0 Å². The zero-order valence-electron chi connectivity index (χ0n) is 15.7. The van der Waals surface area contributed by atoms with Crippen molar-refractivity contribution < 1.29 is 4.39 Å². The lowest BCUT2D eigenvalue weighted by atomic mass is 10.2. The second-order valence-electron chi connectivity index (χ2n) is 7.77. The Kier molecular flexibility index (Phi) is 4.74. The number of aromatic amines is 1. The first kappa shape index (κ1) is 18.0. The Hall–Kier alpha value is -2.09. The molecule has 28 heavy (non-hydrogen) atoms. The molecule has 0 saturated carbocycles. The van der Waals surface area contributed by atoms with Crippen molar-refractivity contribution >= 4 is 21.6 Å². The molecule has 5 nitrogen and oxygen atoms in total. The number of hydrogen-bond donors (Lipinski definition) is 1. The molecule has 1 N–H and O–H groups in total. The van der Waals surface area contributed by atoms with Crippen LogP contribution in [-0.2, 0) is 6.54 Å². The summed E-state index contributed by atoms with van der Waals surface area (Å²) in [4.78, 5) is 26.2. The monoisotopic (exact) mass is 398 g/mol. The average molecular weight is 399 g/mol. The van der Waals surface area contributed by atoms with E-state index in [1.165, 1.54) is 55.8 Å². The van der Waals surface area contributed by atoms with Crippen LogP contribution in [0.2, 0.25) is 0 Å². The molecule has 5 rings (SSSR count). The van der Waals surface area contributed by atoms with Gasteiger partial charge in [0.2, 0.25) is 0 Å². The van der Waals surface area contributed by atoms with Gasteiger partial charge in [0.15, 0.2) is 0 Å². The fraction of sp³-hybridized carbons (Fsp3) is 0.429. The summed E-state index contributed by atoms with van der Waals surface area (Å²) in [5.41, 5.74) is 1.53. The van der Waals surface area contributed by atoms with Crippen molar-refractivity contribution in [3.8, 4) is 10.4 Å².